The van der Waals surface area contributed by atoms with Crippen molar-refractivity contribution in [2.45, 2.75) is 39.2 Å². The second kappa shape index (κ2) is 7.12. The van der Waals surface area contributed by atoms with Crippen LogP contribution >= 0.6 is 15.9 Å². The fraction of sp³-hybridized carbons (Fsp3) is 0.571. The van der Waals surface area contributed by atoms with Gasteiger partial charge in [-0.25, -0.2) is 4.39 Å². The van der Waals surface area contributed by atoms with Crippen LogP contribution < -0.4 is 5.32 Å². The van der Waals surface area contributed by atoms with Crippen LogP contribution in [-0.2, 0) is 6.42 Å². The Bertz CT molecular complexity index is 350. The van der Waals surface area contributed by atoms with Crippen LogP contribution in [0.25, 0.3) is 0 Å². The molecule has 0 heterocycles. The molecule has 3 heteroatoms. The van der Waals surface area contributed by atoms with Crippen molar-refractivity contribution in [2.24, 2.45) is 5.92 Å². The molecule has 0 saturated heterocycles. The summed E-state index contributed by atoms with van der Waals surface area (Å²) in [5.41, 5.74) is 1.04. The van der Waals surface area contributed by atoms with Gasteiger partial charge in [0, 0.05) is 6.04 Å². The molecule has 1 aromatic rings. The quantitative estimate of drug-likeness (QED) is 0.832. The third-order valence-electron chi connectivity index (χ3n) is 3.46. The lowest BCUT2D eigenvalue weighted by Gasteiger charge is -2.25. The summed E-state index contributed by atoms with van der Waals surface area (Å²) in [6.45, 7) is 4.41. The molecule has 0 radical (unpaired) electrons. The summed E-state index contributed by atoms with van der Waals surface area (Å²) in [7, 11) is 1.98. The second-order valence-corrected chi connectivity index (χ2v) is 5.18. The Morgan fingerprint density at radius 2 is 1.94 bits per heavy atom. The van der Waals surface area contributed by atoms with Crippen LogP contribution in [0, 0.1) is 11.7 Å². The summed E-state index contributed by atoms with van der Waals surface area (Å²) in [6.07, 6.45) is 3.16. The van der Waals surface area contributed by atoms with E-state index >= 15 is 0 Å². The van der Waals surface area contributed by atoms with Crippen molar-refractivity contribution in [3.63, 3.8) is 0 Å². The van der Waals surface area contributed by atoms with Gasteiger partial charge in [-0.05, 0) is 46.9 Å². The van der Waals surface area contributed by atoms with E-state index in [1.165, 1.54) is 6.07 Å². The molecule has 0 aliphatic carbocycles. The Morgan fingerprint density at radius 3 is 2.47 bits per heavy atom. The van der Waals surface area contributed by atoms with E-state index in [1.54, 1.807) is 6.07 Å². The smallest absolute Gasteiger partial charge is 0.137 e. The van der Waals surface area contributed by atoms with Crippen LogP contribution in [0.2, 0.25) is 0 Å². The van der Waals surface area contributed by atoms with Crippen molar-refractivity contribution < 1.29 is 4.39 Å². The van der Waals surface area contributed by atoms with Crippen LogP contribution in [0.1, 0.15) is 32.3 Å². The minimum Gasteiger partial charge on any atom is -0.316 e. The molecule has 17 heavy (non-hydrogen) atoms. The van der Waals surface area contributed by atoms with Gasteiger partial charge in [0.05, 0.1) is 4.47 Å². The molecule has 0 spiro atoms. The third-order valence-corrected chi connectivity index (χ3v) is 4.35. The molecule has 1 nitrogen and oxygen atoms in total. The second-order valence-electron chi connectivity index (χ2n) is 4.39. The Morgan fingerprint density at radius 1 is 1.29 bits per heavy atom. The number of hydrogen-bond acceptors (Lipinski definition) is 1. The Labute approximate surface area is 112 Å². The highest BCUT2D eigenvalue weighted by Crippen LogP contribution is 2.24. The van der Waals surface area contributed by atoms with Gasteiger partial charge in [0.1, 0.15) is 5.82 Å². The SMILES string of the molecule is CCC(CC)C(Cc1cccc(F)c1Br)NC. The molecule has 1 atom stereocenters. The van der Waals surface area contributed by atoms with Gasteiger partial charge in [0.25, 0.3) is 0 Å². The predicted octanol–water partition coefficient (Wildman–Crippen LogP) is 4.15. The summed E-state index contributed by atoms with van der Waals surface area (Å²) in [6, 6.07) is 5.65. The summed E-state index contributed by atoms with van der Waals surface area (Å²) in [5.74, 6) is 0.456. The number of benzene rings is 1. The van der Waals surface area contributed by atoms with E-state index < -0.39 is 0 Å². The normalized spacial score (nSPS) is 13.1. The lowest BCUT2D eigenvalue weighted by atomic mass is 9.89. The zero-order valence-corrected chi connectivity index (χ0v) is 12.3. The largest absolute Gasteiger partial charge is 0.316 e. The Balaban J connectivity index is 2.83. The minimum atomic E-state index is -0.179. The fourth-order valence-corrected chi connectivity index (χ4v) is 2.73. The highest BCUT2D eigenvalue weighted by Gasteiger charge is 2.18. The van der Waals surface area contributed by atoms with Gasteiger partial charge >= 0.3 is 0 Å². The van der Waals surface area contributed by atoms with Crippen LogP contribution in [-0.4, -0.2) is 13.1 Å². The monoisotopic (exact) mass is 301 g/mol. The van der Waals surface area contributed by atoms with Gasteiger partial charge in [-0.3, -0.25) is 0 Å². The number of nitrogens with one attached hydrogen (secondary N) is 1. The fourth-order valence-electron chi connectivity index (χ4n) is 2.31. The van der Waals surface area contributed by atoms with Crippen molar-refractivity contribution in [1.29, 1.82) is 0 Å². The van der Waals surface area contributed by atoms with Crippen molar-refractivity contribution in [3.05, 3.63) is 34.1 Å². The zero-order chi connectivity index (χ0) is 12.8. The van der Waals surface area contributed by atoms with E-state index in [9.17, 15) is 4.39 Å². The van der Waals surface area contributed by atoms with Gasteiger partial charge in [-0.15, -0.1) is 0 Å². The highest BCUT2D eigenvalue weighted by molar-refractivity contribution is 9.10. The standard InChI is InChI=1S/C14H21BrFN/c1-4-10(5-2)13(17-3)9-11-7-6-8-12(16)14(11)15/h6-8,10,13,17H,4-5,9H2,1-3H3. The Kier molecular flexibility index (Phi) is 6.14. The molecule has 0 amide bonds. The number of rotatable bonds is 6. The third kappa shape index (κ3) is 3.78. The topological polar surface area (TPSA) is 12.0 Å². The summed E-state index contributed by atoms with van der Waals surface area (Å²) in [5, 5.41) is 3.36. The van der Waals surface area contributed by atoms with Crippen molar-refractivity contribution in [1.82, 2.24) is 5.32 Å². The zero-order valence-electron chi connectivity index (χ0n) is 10.8. The van der Waals surface area contributed by atoms with E-state index in [4.69, 9.17) is 0 Å². The van der Waals surface area contributed by atoms with Crippen molar-refractivity contribution >= 4 is 15.9 Å². The van der Waals surface area contributed by atoms with Gasteiger partial charge in [-0.2, -0.15) is 0 Å². The molecule has 1 unspecified atom stereocenters. The molecule has 0 fully saturated rings. The van der Waals surface area contributed by atoms with Crippen molar-refractivity contribution in [2.75, 3.05) is 7.05 Å². The first kappa shape index (κ1) is 14.7. The first-order valence-corrected chi connectivity index (χ1v) is 7.03. The molecule has 0 aliphatic heterocycles. The highest BCUT2D eigenvalue weighted by atomic mass is 79.9. The predicted molar refractivity (Wildman–Crippen MR) is 74.7 cm³/mol. The number of likely N-dealkylation sites (N-methyl/N-ethyl adjacent to an activating group) is 1. The molecule has 1 aromatic carbocycles. The molecule has 0 saturated carbocycles. The van der Waals surface area contributed by atoms with Gasteiger partial charge in [0.15, 0.2) is 0 Å². The van der Waals surface area contributed by atoms with Crippen molar-refractivity contribution in [3.8, 4) is 0 Å². The molecule has 0 aliphatic rings. The van der Waals surface area contributed by atoms with E-state index in [0.717, 1.165) is 24.8 Å². The lowest BCUT2D eigenvalue weighted by Crippen LogP contribution is -2.35. The molecular formula is C14H21BrFN. The van der Waals surface area contributed by atoms with E-state index in [1.807, 2.05) is 13.1 Å². The molecule has 0 aromatic heterocycles. The van der Waals surface area contributed by atoms with Crippen LogP contribution in [0.3, 0.4) is 0 Å². The molecule has 0 bridgehead atoms. The number of halogens is 2. The van der Waals surface area contributed by atoms with Gasteiger partial charge in [0.2, 0.25) is 0 Å². The maximum atomic E-state index is 13.4. The first-order valence-electron chi connectivity index (χ1n) is 6.24. The van der Waals surface area contributed by atoms with E-state index in [0.29, 0.717) is 16.4 Å². The molecule has 1 rings (SSSR count). The maximum Gasteiger partial charge on any atom is 0.137 e. The minimum absolute atomic E-state index is 0.179. The van der Waals surface area contributed by atoms with Gasteiger partial charge < -0.3 is 5.32 Å². The Hall–Kier alpha value is -0.410. The molecular weight excluding hydrogens is 281 g/mol. The molecule has 96 valence electrons. The van der Waals surface area contributed by atoms with Crippen LogP contribution in [0.4, 0.5) is 4.39 Å². The van der Waals surface area contributed by atoms with Gasteiger partial charge in [-0.1, -0.05) is 38.8 Å². The maximum absolute atomic E-state index is 13.4. The van der Waals surface area contributed by atoms with Crippen LogP contribution in [0.15, 0.2) is 22.7 Å². The average molecular weight is 302 g/mol. The summed E-state index contributed by atoms with van der Waals surface area (Å²) >= 11 is 3.33. The van der Waals surface area contributed by atoms with E-state index in [-0.39, 0.29) is 5.82 Å². The summed E-state index contributed by atoms with van der Waals surface area (Å²) in [4.78, 5) is 0. The lowest BCUT2D eigenvalue weighted by molar-refractivity contribution is 0.348. The van der Waals surface area contributed by atoms with Crippen LogP contribution in [0.5, 0.6) is 0 Å². The summed E-state index contributed by atoms with van der Waals surface area (Å²) < 4.78 is 14.0. The van der Waals surface area contributed by atoms with E-state index in [2.05, 4.69) is 35.1 Å². The first-order chi connectivity index (χ1) is 8.13. The molecule has 1 N–H and O–H groups in total. The average Bonchev–Trinajstić information content (AvgIpc) is 2.34. The number of hydrogen-bond donors (Lipinski definition) is 1.